The van der Waals surface area contributed by atoms with Crippen LogP contribution in [-0.2, 0) is 0 Å². The van der Waals surface area contributed by atoms with E-state index in [1.807, 2.05) is 48.5 Å². The summed E-state index contributed by atoms with van der Waals surface area (Å²) in [4.78, 5) is 4.47. The summed E-state index contributed by atoms with van der Waals surface area (Å²) in [5.41, 5.74) is 1.72. The molecule has 0 bridgehead atoms. The summed E-state index contributed by atoms with van der Waals surface area (Å²) in [6, 6.07) is 15.2. The molecule has 0 saturated carbocycles. The number of methoxy groups -OCH3 is 1. The molecule has 0 aliphatic heterocycles. The predicted molar refractivity (Wildman–Crippen MR) is 92.1 cm³/mol. The second-order valence-electron chi connectivity index (χ2n) is 5.38. The van der Waals surface area contributed by atoms with E-state index in [2.05, 4.69) is 17.1 Å². The first-order valence-electron chi connectivity index (χ1n) is 8.01. The maximum atomic E-state index is 5.72. The van der Waals surface area contributed by atoms with Crippen molar-refractivity contribution in [3.8, 4) is 34.3 Å². The number of ether oxygens (including phenoxy) is 2. The molecule has 0 aliphatic rings. The van der Waals surface area contributed by atoms with Gasteiger partial charge in [0.15, 0.2) is 0 Å². The van der Waals surface area contributed by atoms with E-state index < -0.39 is 0 Å². The molecule has 3 aromatic rings. The molecule has 0 N–H and O–H groups in total. The fourth-order valence-corrected chi connectivity index (χ4v) is 2.25. The van der Waals surface area contributed by atoms with Gasteiger partial charge in [0.1, 0.15) is 11.5 Å². The number of hydrogen-bond acceptors (Lipinski definition) is 5. The van der Waals surface area contributed by atoms with Crippen LogP contribution >= 0.6 is 0 Å². The molecular weight excluding hydrogens is 304 g/mol. The number of nitrogens with zero attached hydrogens (tertiary/aromatic N) is 2. The molecule has 5 heteroatoms. The van der Waals surface area contributed by atoms with E-state index in [0.717, 1.165) is 35.5 Å². The summed E-state index contributed by atoms with van der Waals surface area (Å²) >= 11 is 0. The van der Waals surface area contributed by atoms with Crippen molar-refractivity contribution in [2.24, 2.45) is 0 Å². The Bertz CT molecular complexity index is 781. The molecule has 0 fully saturated rings. The average Bonchev–Trinajstić information content (AvgIpc) is 3.12. The van der Waals surface area contributed by atoms with E-state index in [9.17, 15) is 0 Å². The Morgan fingerprint density at radius 1 is 1.00 bits per heavy atom. The molecule has 1 heterocycles. The van der Waals surface area contributed by atoms with Crippen LogP contribution in [0.15, 0.2) is 53.1 Å². The molecule has 0 radical (unpaired) electrons. The zero-order valence-corrected chi connectivity index (χ0v) is 13.9. The third-order valence-corrected chi connectivity index (χ3v) is 3.62. The summed E-state index contributed by atoms with van der Waals surface area (Å²) in [6.07, 6.45) is 2.14. The zero-order valence-electron chi connectivity index (χ0n) is 13.9. The lowest BCUT2D eigenvalue weighted by Crippen LogP contribution is -1.96. The molecule has 5 nitrogen and oxygen atoms in total. The predicted octanol–water partition coefficient (Wildman–Crippen LogP) is 4.59. The molecule has 0 spiro atoms. The Balaban J connectivity index is 1.78. The third kappa shape index (κ3) is 3.74. The number of aromatic nitrogens is 2. The zero-order chi connectivity index (χ0) is 16.8. The van der Waals surface area contributed by atoms with Gasteiger partial charge in [-0.3, -0.25) is 0 Å². The van der Waals surface area contributed by atoms with Gasteiger partial charge in [0.2, 0.25) is 5.82 Å². The van der Waals surface area contributed by atoms with Crippen molar-refractivity contribution in [1.29, 1.82) is 0 Å². The van der Waals surface area contributed by atoms with E-state index in [0.29, 0.717) is 18.3 Å². The van der Waals surface area contributed by atoms with Crippen LogP contribution in [0.2, 0.25) is 0 Å². The molecular formula is C19H20N2O3. The highest BCUT2D eigenvalue weighted by Crippen LogP contribution is 2.26. The van der Waals surface area contributed by atoms with E-state index in [1.165, 1.54) is 0 Å². The minimum atomic E-state index is 0.474. The van der Waals surface area contributed by atoms with Crippen LogP contribution in [0.1, 0.15) is 19.8 Å². The van der Waals surface area contributed by atoms with E-state index in [4.69, 9.17) is 14.0 Å². The van der Waals surface area contributed by atoms with Crippen molar-refractivity contribution in [3.05, 3.63) is 48.5 Å². The Morgan fingerprint density at radius 2 is 1.83 bits per heavy atom. The van der Waals surface area contributed by atoms with Gasteiger partial charge in [0.05, 0.1) is 13.7 Å². The minimum absolute atomic E-state index is 0.474. The second-order valence-corrected chi connectivity index (χ2v) is 5.38. The first-order chi connectivity index (χ1) is 11.8. The maximum Gasteiger partial charge on any atom is 0.258 e. The molecule has 2 aromatic carbocycles. The van der Waals surface area contributed by atoms with Crippen LogP contribution in [0.25, 0.3) is 22.8 Å². The standard InChI is InChI=1S/C19H20N2O3/c1-3-4-12-23-17-7-5-6-15(13-17)19-20-18(21-24-19)14-8-10-16(22-2)11-9-14/h5-11,13H,3-4,12H2,1-2H3. The largest absolute Gasteiger partial charge is 0.497 e. The lowest BCUT2D eigenvalue weighted by Gasteiger charge is -2.05. The molecule has 0 amide bonds. The molecule has 0 atom stereocenters. The van der Waals surface area contributed by atoms with Crippen LogP contribution < -0.4 is 9.47 Å². The van der Waals surface area contributed by atoms with Gasteiger partial charge in [0.25, 0.3) is 5.89 Å². The second kappa shape index (κ2) is 7.64. The van der Waals surface area contributed by atoms with Crippen LogP contribution in [0.5, 0.6) is 11.5 Å². The lowest BCUT2D eigenvalue weighted by atomic mass is 10.2. The molecule has 3 rings (SSSR count). The van der Waals surface area contributed by atoms with E-state index >= 15 is 0 Å². The third-order valence-electron chi connectivity index (χ3n) is 3.62. The molecule has 0 unspecified atom stereocenters. The van der Waals surface area contributed by atoms with Gasteiger partial charge >= 0.3 is 0 Å². The van der Waals surface area contributed by atoms with Crippen LogP contribution in [-0.4, -0.2) is 23.9 Å². The molecule has 0 saturated heterocycles. The Kier molecular flexibility index (Phi) is 5.11. The topological polar surface area (TPSA) is 57.4 Å². The Labute approximate surface area is 141 Å². The normalized spacial score (nSPS) is 10.6. The summed E-state index contributed by atoms with van der Waals surface area (Å²) in [7, 11) is 1.64. The van der Waals surface area contributed by atoms with Crippen molar-refractivity contribution in [2.75, 3.05) is 13.7 Å². The van der Waals surface area contributed by atoms with Crippen molar-refractivity contribution in [3.63, 3.8) is 0 Å². The van der Waals surface area contributed by atoms with Gasteiger partial charge in [-0.25, -0.2) is 0 Å². The van der Waals surface area contributed by atoms with Crippen molar-refractivity contribution >= 4 is 0 Å². The quantitative estimate of drug-likeness (QED) is 0.595. The van der Waals surface area contributed by atoms with Crippen LogP contribution in [0.3, 0.4) is 0 Å². The number of rotatable bonds is 7. The highest BCUT2D eigenvalue weighted by molar-refractivity contribution is 5.61. The molecule has 24 heavy (non-hydrogen) atoms. The first kappa shape index (κ1) is 16.1. The molecule has 124 valence electrons. The van der Waals surface area contributed by atoms with Gasteiger partial charge in [-0.05, 0) is 48.9 Å². The first-order valence-corrected chi connectivity index (χ1v) is 8.01. The van der Waals surface area contributed by atoms with Crippen molar-refractivity contribution in [2.45, 2.75) is 19.8 Å². The van der Waals surface area contributed by atoms with Gasteiger partial charge in [-0.2, -0.15) is 4.98 Å². The van der Waals surface area contributed by atoms with Crippen molar-refractivity contribution in [1.82, 2.24) is 10.1 Å². The monoisotopic (exact) mass is 324 g/mol. The fourth-order valence-electron chi connectivity index (χ4n) is 2.25. The molecule has 1 aromatic heterocycles. The number of benzene rings is 2. The maximum absolute atomic E-state index is 5.72. The highest BCUT2D eigenvalue weighted by atomic mass is 16.5. The minimum Gasteiger partial charge on any atom is -0.497 e. The fraction of sp³-hybridized carbons (Fsp3) is 0.263. The van der Waals surface area contributed by atoms with E-state index in [-0.39, 0.29) is 0 Å². The van der Waals surface area contributed by atoms with Crippen LogP contribution in [0, 0.1) is 0 Å². The molecule has 0 aliphatic carbocycles. The van der Waals surface area contributed by atoms with Crippen LogP contribution in [0.4, 0.5) is 0 Å². The number of hydrogen-bond donors (Lipinski definition) is 0. The summed E-state index contributed by atoms with van der Waals surface area (Å²) < 4.78 is 16.3. The Hall–Kier alpha value is -2.82. The van der Waals surface area contributed by atoms with E-state index in [1.54, 1.807) is 7.11 Å². The lowest BCUT2D eigenvalue weighted by molar-refractivity contribution is 0.309. The van der Waals surface area contributed by atoms with Crippen molar-refractivity contribution < 1.29 is 14.0 Å². The average molecular weight is 324 g/mol. The summed E-state index contributed by atoms with van der Waals surface area (Å²) in [5.74, 6) is 2.62. The van der Waals surface area contributed by atoms with Gasteiger partial charge in [-0.15, -0.1) is 0 Å². The highest BCUT2D eigenvalue weighted by Gasteiger charge is 2.11. The van der Waals surface area contributed by atoms with Gasteiger partial charge in [0, 0.05) is 11.1 Å². The summed E-state index contributed by atoms with van der Waals surface area (Å²) in [5, 5.41) is 4.06. The number of unbranched alkanes of at least 4 members (excludes halogenated alkanes) is 1. The van der Waals surface area contributed by atoms with Gasteiger partial charge in [-0.1, -0.05) is 24.6 Å². The smallest absolute Gasteiger partial charge is 0.258 e. The SMILES string of the molecule is CCCCOc1cccc(-c2nc(-c3ccc(OC)cc3)no2)c1. The Morgan fingerprint density at radius 3 is 2.58 bits per heavy atom. The van der Waals surface area contributed by atoms with Gasteiger partial charge < -0.3 is 14.0 Å². The summed E-state index contributed by atoms with van der Waals surface area (Å²) in [6.45, 7) is 2.85.